The lowest BCUT2D eigenvalue weighted by Crippen LogP contribution is -2.60. The molecule has 2 aliphatic rings. The van der Waals surface area contributed by atoms with Gasteiger partial charge in [0.2, 0.25) is 5.91 Å². The van der Waals surface area contributed by atoms with E-state index < -0.39 is 100 Å². The zero-order chi connectivity index (χ0) is 45.3. The van der Waals surface area contributed by atoms with E-state index in [0.29, 0.717) is 12.0 Å². The number of ketones is 2. The number of carbonyl (C=O) groups excluding carboxylic acids is 5. The number of ether oxygens (including phenoxy) is 5. The number of non-ortho nitro benzene ring substituents is 1. The van der Waals surface area contributed by atoms with E-state index in [9.17, 15) is 44.3 Å². The highest BCUT2D eigenvalue weighted by molar-refractivity contribution is 6.00. The van der Waals surface area contributed by atoms with Crippen molar-refractivity contribution in [3.05, 3.63) is 46.0 Å². The molecule has 0 aromatic heterocycles. The molecule has 18 nitrogen and oxygen atoms in total. The first kappa shape index (κ1) is 50.0. The molecule has 3 rings (SSSR count). The van der Waals surface area contributed by atoms with Crippen LogP contribution in [0.2, 0.25) is 0 Å². The van der Waals surface area contributed by atoms with Crippen LogP contribution in [0.15, 0.2) is 30.3 Å². The first-order valence-corrected chi connectivity index (χ1v) is 20.3. The van der Waals surface area contributed by atoms with Crippen LogP contribution in [-0.4, -0.2) is 138 Å². The van der Waals surface area contributed by atoms with Gasteiger partial charge in [-0.3, -0.25) is 29.3 Å². The fourth-order valence-corrected chi connectivity index (χ4v) is 8.09. The molecule has 2 amide bonds. The Balaban J connectivity index is 1.87. The van der Waals surface area contributed by atoms with Gasteiger partial charge in [-0.2, -0.15) is 0 Å². The van der Waals surface area contributed by atoms with Crippen LogP contribution in [0, 0.1) is 33.8 Å². The fraction of sp³-hybridized carbons (Fsp3) is 0.690. The number of nitrogens with one attached hydrogen (secondary N) is 2. The number of esters is 1. The Bertz CT molecular complexity index is 1700. The molecule has 13 atom stereocenters. The van der Waals surface area contributed by atoms with Gasteiger partial charge < -0.3 is 49.4 Å². The van der Waals surface area contributed by atoms with Gasteiger partial charge in [0.25, 0.3) is 5.69 Å². The van der Waals surface area contributed by atoms with Gasteiger partial charge in [0.05, 0.1) is 28.7 Å². The molecule has 2 heterocycles. The van der Waals surface area contributed by atoms with Crippen molar-refractivity contribution in [3.8, 4) is 0 Å². The highest BCUT2D eigenvalue weighted by atomic mass is 16.7. The first-order valence-electron chi connectivity index (χ1n) is 20.3. The highest BCUT2D eigenvalue weighted by Crippen LogP contribution is 2.39. The normalized spacial score (nSPS) is 34.8. The van der Waals surface area contributed by atoms with Crippen molar-refractivity contribution in [1.82, 2.24) is 15.5 Å². The zero-order valence-corrected chi connectivity index (χ0v) is 36.5. The molecule has 60 heavy (non-hydrogen) atoms. The quantitative estimate of drug-likeness (QED) is 0.0590. The average Bonchev–Trinajstić information content (AvgIpc) is 3.20. The Morgan fingerprint density at radius 1 is 1.00 bits per heavy atom. The second kappa shape index (κ2) is 21.5. The Hall–Kier alpha value is -4.33. The molecule has 0 bridgehead atoms. The molecule has 2 saturated heterocycles. The summed E-state index contributed by atoms with van der Waals surface area (Å²) in [6.45, 7) is 12.4. The summed E-state index contributed by atoms with van der Waals surface area (Å²) in [7, 11) is 5.06. The molecule has 2 aliphatic heterocycles. The molecule has 1 aromatic rings. The van der Waals surface area contributed by atoms with Crippen molar-refractivity contribution in [1.29, 1.82) is 0 Å². The maximum Gasteiger partial charge on any atom is 0.407 e. The molecule has 0 spiro atoms. The number of benzene rings is 1. The summed E-state index contributed by atoms with van der Waals surface area (Å²) in [5, 5.41) is 39.4. The summed E-state index contributed by atoms with van der Waals surface area (Å²) in [5.41, 5.74) is -3.07. The smallest absolute Gasteiger partial charge is 0.407 e. The van der Waals surface area contributed by atoms with Gasteiger partial charge in [-0.05, 0) is 84.8 Å². The molecule has 1 aromatic carbocycles. The maximum absolute atomic E-state index is 14.4. The molecule has 0 saturated carbocycles. The lowest BCUT2D eigenvalue weighted by molar-refractivity contribution is -0.384. The van der Waals surface area contributed by atoms with Gasteiger partial charge in [0.15, 0.2) is 12.1 Å². The van der Waals surface area contributed by atoms with Crippen LogP contribution in [0.3, 0.4) is 0 Å². The number of rotatable bonds is 12. The number of hydrogen-bond donors (Lipinski definition) is 4. The van der Waals surface area contributed by atoms with Crippen LogP contribution < -0.4 is 10.6 Å². The summed E-state index contributed by atoms with van der Waals surface area (Å²) < 4.78 is 30.2. The Morgan fingerprint density at radius 2 is 1.60 bits per heavy atom. The van der Waals surface area contributed by atoms with E-state index in [0.717, 1.165) is 0 Å². The highest BCUT2D eigenvalue weighted by Gasteiger charge is 2.53. The number of Topliss-reactive ketones (excluding diaryl/α,β-unsaturated/α-hetero) is 2. The number of nitro benzene ring substituents is 1. The maximum atomic E-state index is 14.4. The van der Waals surface area contributed by atoms with E-state index in [2.05, 4.69) is 10.6 Å². The summed E-state index contributed by atoms with van der Waals surface area (Å²) in [6.07, 6.45) is -4.52. The summed E-state index contributed by atoms with van der Waals surface area (Å²) in [6, 6.07) is 5.25. The average molecular weight is 849 g/mol. The van der Waals surface area contributed by atoms with Crippen molar-refractivity contribution >= 4 is 41.3 Å². The van der Waals surface area contributed by atoms with Crippen LogP contribution in [-0.2, 0) is 42.9 Å². The Kier molecular flexibility index (Phi) is 17.9. The minimum absolute atomic E-state index is 0.0161. The van der Waals surface area contributed by atoms with Gasteiger partial charge >= 0.3 is 12.1 Å². The van der Waals surface area contributed by atoms with Gasteiger partial charge in [-0.25, -0.2) is 4.79 Å². The largest absolute Gasteiger partial charge is 0.459 e. The lowest BCUT2D eigenvalue weighted by atomic mass is 9.74. The number of aliphatic hydroxyl groups is 2. The van der Waals surface area contributed by atoms with Crippen LogP contribution in [0.25, 0.3) is 6.08 Å². The lowest BCUT2D eigenvalue weighted by Gasteiger charge is -2.47. The van der Waals surface area contributed by atoms with Crippen LogP contribution in [0.1, 0.15) is 80.2 Å². The number of hydrogen-bond acceptors (Lipinski definition) is 15. The summed E-state index contributed by atoms with van der Waals surface area (Å²) in [5.74, 6) is -6.90. The molecule has 336 valence electrons. The molecular formula is C42H64N4O14. The molecule has 18 heteroatoms. The molecular weight excluding hydrogens is 784 g/mol. The number of carbonyl (C=O) groups is 5. The second-order valence-corrected chi connectivity index (χ2v) is 16.6. The Labute approximate surface area is 351 Å². The van der Waals surface area contributed by atoms with Crippen molar-refractivity contribution in [2.75, 3.05) is 34.3 Å². The number of alkyl carbamates (subject to hydrolysis) is 1. The molecule has 2 fully saturated rings. The van der Waals surface area contributed by atoms with Crippen molar-refractivity contribution in [2.24, 2.45) is 23.7 Å². The predicted molar refractivity (Wildman–Crippen MR) is 218 cm³/mol. The van der Waals surface area contributed by atoms with E-state index in [1.165, 1.54) is 64.3 Å². The van der Waals surface area contributed by atoms with Gasteiger partial charge in [0.1, 0.15) is 35.6 Å². The van der Waals surface area contributed by atoms with Gasteiger partial charge in [-0.15, -0.1) is 0 Å². The number of methoxy groups -OCH3 is 1. The topological polar surface area (TPSA) is 242 Å². The summed E-state index contributed by atoms with van der Waals surface area (Å²) >= 11 is 0. The van der Waals surface area contributed by atoms with E-state index in [4.69, 9.17) is 23.7 Å². The SMILES string of the molecule is CC[C@H]1OC(=O)[C@H](C)C(=O)[C@H](C)[C@@H](O[C@@H]2O[C@H](C)C[C@H](N(C)C)[C@H]2O)[C@](C)(OC)C[C@@H](C)C(=O)[C@H](C)[C@@H](OC(=O)NCCNC(=O)/C=C/c2ccc([N+](=O)[O-])cc2)[C@]1(C)O. The number of amides is 2. The predicted octanol–water partition coefficient (Wildman–Crippen LogP) is 3.19. The fourth-order valence-electron chi connectivity index (χ4n) is 8.09. The molecule has 0 radical (unpaired) electrons. The van der Waals surface area contributed by atoms with Crippen LogP contribution in [0.5, 0.6) is 0 Å². The zero-order valence-electron chi connectivity index (χ0n) is 36.5. The van der Waals surface area contributed by atoms with Gasteiger partial charge in [0, 0.05) is 56.3 Å². The third-order valence-corrected chi connectivity index (χ3v) is 11.7. The summed E-state index contributed by atoms with van der Waals surface area (Å²) in [4.78, 5) is 80.1. The van der Waals surface area contributed by atoms with Crippen LogP contribution in [0.4, 0.5) is 10.5 Å². The Morgan fingerprint density at radius 3 is 2.17 bits per heavy atom. The number of nitro groups is 1. The van der Waals surface area contributed by atoms with Gasteiger partial charge in [-0.1, -0.05) is 27.7 Å². The van der Waals surface area contributed by atoms with E-state index in [1.807, 2.05) is 25.9 Å². The number of likely N-dealkylation sites (N-methyl/N-ethyl adjacent to an activating group) is 1. The standard InChI is InChI=1S/C42H64N4O14/c1-12-31-42(8,53)37(60-40(52)44-20-19-43-32(47)18-15-28-13-16-29(17-14-28)46(54)55)25(4)33(48)23(2)22-41(7,56-11)36(26(5)34(49)27(6)38(51)58-31)59-39-35(50)30(45(9)10)21-24(3)57-39/h13-18,23-27,30-31,35-37,39,50,53H,12,19-22H2,1-11H3,(H,43,47)(H,44,52)/b18-15+/t23-,24-,25+,26+,27-,30+,31-,35-,36-,37-,39+,41-,42-/m1/s1. The third-order valence-electron chi connectivity index (χ3n) is 11.7. The molecule has 4 N–H and O–H groups in total. The minimum atomic E-state index is -2.14. The minimum Gasteiger partial charge on any atom is -0.459 e. The van der Waals surface area contributed by atoms with Crippen molar-refractivity contribution < 1.29 is 62.8 Å². The molecule has 0 unspecified atom stereocenters. The van der Waals surface area contributed by atoms with Crippen molar-refractivity contribution in [2.45, 2.75) is 129 Å². The van der Waals surface area contributed by atoms with E-state index in [-0.39, 0.29) is 43.8 Å². The van der Waals surface area contributed by atoms with E-state index >= 15 is 0 Å². The van der Waals surface area contributed by atoms with Crippen LogP contribution >= 0.6 is 0 Å². The van der Waals surface area contributed by atoms with Crippen molar-refractivity contribution in [3.63, 3.8) is 0 Å². The monoisotopic (exact) mass is 848 g/mol. The third kappa shape index (κ3) is 12.4. The number of cyclic esters (lactones) is 1. The number of aliphatic hydroxyl groups excluding tert-OH is 1. The number of nitrogens with zero attached hydrogens (tertiary/aromatic N) is 2. The molecule has 0 aliphatic carbocycles. The first-order chi connectivity index (χ1) is 28.0. The second-order valence-electron chi connectivity index (χ2n) is 16.6. The van der Waals surface area contributed by atoms with E-state index in [1.54, 1.807) is 27.7 Å².